The highest BCUT2D eigenvalue weighted by atomic mass is 16.7. The molecular weight excluding hydrogens is 118 g/mol. The molecule has 1 fully saturated rings. The lowest BCUT2D eigenvalue weighted by atomic mass is 10.0. The molecule has 0 aromatic heterocycles. The predicted octanol–water partition coefficient (Wildman–Crippen LogP) is -0.313. The summed E-state index contributed by atoms with van der Waals surface area (Å²) in [6.45, 7) is 3.89. The zero-order chi connectivity index (χ0) is 7.02. The maximum Gasteiger partial charge on any atom is 0.182 e. The van der Waals surface area contributed by atoms with Crippen LogP contribution in [0.1, 0.15) is 13.8 Å². The van der Waals surface area contributed by atoms with E-state index < -0.39 is 6.29 Å². The highest BCUT2D eigenvalue weighted by Crippen LogP contribution is 2.28. The van der Waals surface area contributed by atoms with E-state index in [0.29, 0.717) is 0 Å². The number of aliphatic hydroxyl groups is 1. The summed E-state index contributed by atoms with van der Waals surface area (Å²) in [7, 11) is 0. The Morgan fingerprint density at radius 3 is 2.11 bits per heavy atom. The van der Waals surface area contributed by atoms with E-state index in [1.54, 1.807) is 0 Å². The Hall–Kier alpha value is -0.120. The van der Waals surface area contributed by atoms with Gasteiger partial charge in [0.15, 0.2) is 6.29 Å². The summed E-state index contributed by atoms with van der Waals surface area (Å²) < 4.78 is 4.82. The van der Waals surface area contributed by atoms with E-state index in [0.717, 1.165) is 0 Å². The molecule has 1 rings (SSSR count). The fraction of sp³-hybridized carbons (Fsp3) is 1.00. The number of hydrogen-bond acceptors (Lipinski definition) is 3. The summed E-state index contributed by atoms with van der Waals surface area (Å²) in [6.07, 6.45) is -0.559. The van der Waals surface area contributed by atoms with E-state index in [2.05, 4.69) is 0 Å². The topological polar surface area (TPSA) is 58.8 Å². The standard InChI is InChI=1S/C6H13NO2/c1-3(4(2)7)5-6(8)9-5/h3-6,8H,7H2,1-2H3. The van der Waals surface area contributed by atoms with Crippen molar-refractivity contribution >= 4 is 0 Å². The van der Waals surface area contributed by atoms with E-state index in [-0.39, 0.29) is 18.1 Å². The van der Waals surface area contributed by atoms with Gasteiger partial charge in [0, 0.05) is 12.0 Å². The van der Waals surface area contributed by atoms with Gasteiger partial charge in [-0.05, 0) is 6.92 Å². The molecule has 0 bridgehead atoms. The quantitative estimate of drug-likeness (QED) is 0.505. The number of nitrogens with two attached hydrogens (primary N) is 1. The molecule has 54 valence electrons. The van der Waals surface area contributed by atoms with Crippen molar-refractivity contribution in [3.8, 4) is 0 Å². The molecule has 0 aromatic carbocycles. The van der Waals surface area contributed by atoms with Crippen molar-refractivity contribution in [2.75, 3.05) is 0 Å². The molecule has 0 saturated carbocycles. The summed E-state index contributed by atoms with van der Waals surface area (Å²) in [4.78, 5) is 0. The number of hydrogen-bond donors (Lipinski definition) is 2. The minimum Gasteiger partial charge on any atom is -0.366 e. The van der Waals surface area contributed by atoms with Gasteiger partial charge < -0.3 is 15.6 Å². The van der Waals surface area contributed by atoms with Crippen LogP contribution in [0.2, 0.25) is 0 Å². The monoisotopic (exact) mass is 131 g/mol. The molecular formula is C6H13NO2. The van der Waals surface area contributed by atoms with Crippen LogP contribution in [0.25, 0.3) is 0 Å². The minimum absolute atomic E-state index is 0.00926. The second kappa shape index (κ2) is 2.25. The van der Waals surface area contributed by atoms with Crippen LogP contribution in [-0.2, 0) is 4.74 Å². The summed E-state index contributed by atoms with van der Waals surface area (Å²) in [5, 5.41) is 8.77. The Morgan fingerprint density at radius 2 is 2.00 bits per heavy atom. The molecule has 3 heteroatoms. The molecule has 0 aromatic rings. The smallest absolute Gasteiger partial charge is 0.182 e. The van der Waals surface area contributed by atoms with E-state index in [9.17, 15) is 0 Å². The van der Waals surface area contributed by atoms with Gasteiger partial charge in [-0.3, -0.25) is 0 Å². The van der Waals surface area contributed by atoms with Crippen LogP contribution in [-0.4, -0.2) is 23.5 Å². The number of aliphatic hydroxyl groups excluding tert-OH is 1. The third-order valence-electron chi connectivity index (χ3n) is 1.85. The number of rotatable bonds is 2. The van der Waals surface area contributed by atoms with Crippen molar-refractivity contribution in [3.63, 3.8) is 0 Å². The van der Waals surface area contributed by atoms with Crippen molar-refractivity contribution in [3.05, 3.63) is 0 Å². The van der Waals surface area contributed by atoms with E-state index in [1.165, 1.54) is 0 Å². The Balaban J connectivity index is 2.27. The van der Waals surface area contributed by atoms with E-state index >= 15 is 0 Å². The lowest BCUT2D eigenvalue weighted by Gasteiger charge is -2.10. The first-order valence-corrected chi connectivity index (χ1v) is 3.22. The third-order valence-corrected chi connectivity index (χ3v) is 1.85. The molecule has 0 radical (unpaired) electrons. The molecule has 3 N–H and O–H groups in total. The van der Waals surface area contributed by atoms with Crippen LogP contribution in [0.5, 0.6) is 0 Å². The van der Waals surface area contributed by atoms with Crippen LogP contribution in [0.15, 0.2) is 0 Å². The first-order valence-electron chi connectivity index (χ1n) is 3.22. The molecule has 1 aliphatic heterocycles. The van der Waals surface area contributed by atoms with Crippen LogP contribution in [0.4, 0.5) is 0 Å². The maximum absolute atomic E-state index is 8.77. The summed E-state index contributed by atoms with van der Waals surface area (Å²) >= 11 is 0. The second-order valence-electron chi connectivity index (χ2n) is 2.71. The Bertz CT molecular complexity index is 105. The van der Waals surface area contributed by atoms with Crippen LogP contribution in [0.3, 0.4) is 0 Å². The molecule has 4 atom stereocenters. The summed E-state index contributed by atoms with van der Waals surface area (Å²) in [5.74, 6) is 0.264. The van der Waals surface area contributed by atoms with Gasteiger partial charge in [-0.15, -0.1) is 0 Å². The molecule has 0 spiro atoms. The largest absolute Gasteiger partial charge is 0.366 e. The van der Waals surface area contributed by atoms with Crippen molar-refractivity contribution in [2.45, 2.75) is 32.3 Å². The van der Waals surface area contributed by atoms with Crippen LogP contribution >= 0.6 is 0 Å². The fourth-order valence-electron chi connectivity index (χ4n) is 0.798. The van der Waals surface area contributed by atoms with Gasteiger partial charge in [0.1, 0.15) is 6.10 Å². The lowest BCUT2D eigenvalue weighted by Crippen LogP contribution is -2.28. The van der Waals surface area contributed by atoms with Gasteiger partial charge in [0.25, 0.3) is 0 Å². The van der Waals surface area contributed by atoms with Gasteiger partial charge in [-0.2, -0.15) is 0 Å². The predicted molar refractivity (Wildman–Crippen MR) is 33.7 cm³/mol. The average Bonchev–Trinajstić information content (AvgIpc) is 2.44. The third kappa shape index (κ3) is 1.41. The number of ether oxygens (including phenoxy) is 1. The molecule has 0 aliphatic carbocycles. The van der Waals surface area contributed by atoms with Crippen molar-refractivity contribution in [1.29, 1.82) is 0 Å². The van der Waals surface area contributed by atoms with Crippen LogP contribution in [0, 0.1) is 5.92 Å². The van der Waals surface area contributed by atoms with E-state index in [4.69, 9.17) is 15.6 Å². The first-order chi connectivity index (χ1) is 4.13. The van der Waals surface area contributed by atoms with Gasteiger partial charge >= 0.3 is 0 Å². The molecule has 9 heavy (non-hydrogen) atoms. The second-order valence-corrected chi connectivity index (χ2v) is 2.71. The maximum atomic E-state index is 8.77. The van der Waals surface area contributed by atoms with E-state index in [1.807, 2.05) is 13.8 Å². The normalized spacial score (nSPS) is 40.0. The molecule has 4 unspecified atom stereocenters. The molecule has 3 nitrogen and oxygen atoms in total. The van der Waals surface area contributed by atoms with Gasteiger partial charge in [-0.1, -0.05) is 6.92 Å². The van der Waals surface area contributed by atoms with Crippen molar-refractivity contribution in [1.82, 2.24) is 0 Å². The Labute approximate surface area is 54.8 Å². The van der Waals surface area contributed by atoms with Crippen molar-refractivity contribution < 1.29 is 9.84 Å². The highest BCUT2D eigenvalue weighted by molar-refractivity contribution is 4.84. The first kappa shape index (κ1) is 6.99. The molecule has 0 amide bonds. The lowest BCUT2D eigenvalue weighted by molar-refractivity contribution is 0.155. The zero-order valence-corrected chi connectivity index (χ0v) is 5.74. The van der Waals surface area contributed by atoms with Gasteiger partial charge in [0.2, 0.25) is 0 Å². The van der Waals surface area contributed by atoms with Crippen molar-refractivity contribution in [2.24, 2.45) is 11.7 Å². The Kier molecular flexibility index (Phi) is 1.75. The Morgan fingerprint density at radius 1 is 1.56 bits per heavy atom. The van der Waals surface area contributed by atoms with Gasteiger partial charge in [-0.25, -0.2) is 0 Å². The SMILES string of the molecule is CC(N)C(C)C1OC1O. The number of epoxide rings is 1. The average molecular weight is 131 g/mol. The van der Waals surface area contributed by atoms with Crippen LogP contribution < -0.4 is 5.73 Å². The molecule has 1 aliphatic rings. The molecule has 1 heterocycles. The minimum atomic E-state index is -0.550. The fourth-order valence-corrected chi connectivity index (χ4v) is 0.798. The van der Waals surface area contributed by atoms with Gasteiger partial charge in [0.05, 0.1) is 0 Å². The zero-order valence-electron chi connectivity index (χ0n) is 5.74. The summed E-state index contributed by atoms with van der Waals surface area (Å²) in [5.41, 5.74) is 5.55. The highest BCUT2D eigenvalue weighted by Gasteiger charge is 2.42. The molecule has 1 saturated heterocycles. The summed E-state index contributed by atoms with van der Waals surface area (Å²) in [6, 6.07) is 0.104.